The highest BCUT2D eigenvalue weighted by molar-refractivity contribution is 4.82. The molecule has 92 valence electrons. The zero-order valence-electron chi connectivity index (χ0n) is 10.1. The highest BCUT2D eigenvalue weighted by Crippen LogP contribution is 2.19. The Bertz CT molecular complexity index is 188. The number of likely N-dealkylation sites (N-methyl/N-ethyl adjacent to an activating group) is 1. The molecule has 0 heterocycles. The Labute approximate surface area is 89.8 Å². The number of alkyl halides is 3. The molecule has 0 aromatic carbocycles. The van der Waals surface area contributed by atoms with Crippen LogP contribution in [0, 0.1) is 0 Å². The molecular formula is C10H21F3N2. The second kappa shape index (κ2) is 5.16. The average Bonchev–Trinajstić information content (AvgIpc) is 2.00. The van der Waals surface area contributed by atoms with E-state index in [1.165, 1.54) is 4.90 Å². The van der Waals surface area contributed by atoms with Gasteiger partial charge in [-0.05, 0) is 34.7 Å². The normalized spacial score (nSPS) is 14.0. The van der Waals surface area contributed by atoms with Crippen molar-refractivity contribution in [2.45, 2.75) is 45.5 Å². The topological polar surface area (TPSA) is 15.3 Å². The third-order valence-electron chi connectivity index (χ3n) is 2.39. The van der Waals surface area contributed by atoms with Gasteiger partial charge in [-0.1, -0.05) is 0 Å². The number of rotatable bonds is 5. The van der Waals surface area contributed by atoms with Crippen molar-refractivity contribution in [2.24, 2.45) is 0 Å². The molecule has 0 fully saturated rings. The summed E-state index contributed by atoms with van der Waals surface area (Å²) in [5, 5.41) is 3.00. The molecule has 15 heavy (non-hydrogen) atoms. The van der Waals surface area contributed by atoms with Crippen molar-refractivity contribution in [3.05, 3.63) is 0 Å². The highest BCUT2D eigenvalue weighted by atomic mass is 19.4. The Morgan fingerprint density at radius 3 is 1.87 bits per heavy atom. The van der Waals surface area contributed by atoms with Gasteiger partial charge in [-0.15, -0.1) is 0 Å². The lowest BCUT2D eigenvalue weighted by atomic mass is 10.0. The van der Waals surface area contributed by atoms with Crippen LogP contribution in [0.25, 0.3) is 0 Å². The fourth-order valence-electron chi connectivity index (χ4n) is 1.24. The van der Waals surface area contributed by atoms with Gasteiger partial charge in [-0.2, -0.15) is 13.2 Å². The highest BCUT2D eigenvalue weighted by Gasteiger charge is 2.33. The van der Waals surface area contributed by atoms with Crippen molar-refractivity contribution in [3.63, 3.8) is 0 Å². The molecule has 0 aromatic heterocycles. The van der Waals surface area contributed by atoms with Gasteiger partial charge in [0, 0.05) is 18.1 Å². The lowest BCUT2D eigenvalue weighted by molar-refractivity contribution is -0.151. The Balaban J connectivity index is 4.42. The van der Waals surface area contributed by atoms with E-state index in [0.717, 1.165) is 0 Å². The van der Waals surface area contributed by atoms with Gasteiger partial charge in [0.05, 0.1) is 6.54 Å². The summed E-state index contributed by atoms with van der Waals surface area (Å²) in [4.78, 5) is 1.43. The second-order valence-corrected chi connectivity index (χ2v) is 4.75. The number of halogens is 3. The van der Waals surface area contributed by atoms with E-state index >= 15 is 0 Å². The van der Waals surface area contributed by atoms with Crippen LogP contribution in [0.1, 0.15) is 27.7 Å². The van der Waals surface area contributed by atoms with Gasteiger partial charge < -0.3 is 5.32 Å². The first-order valence-electron chi connectivity index (χ1n) is 5.07. The van der Waals surface area contributed by atoms with E-state index in [0.29, 0.717) is 6.54 Å². The van der Waals surface area contributed by atoms with Gasteiger partial charge in [-0.25, -0.2) is 0 Å². The summed E-state index contributed by atoms with van der Waals surface area (Å²) in [6, 6.07) is -0.112. The summed E-state index contributed by atoms with van der Waals surface area (Å²) in [5.41, 5.74) is -0.310. The first-order valence-corrected chi connectivity index (χ1v) is 5.07. The lowest BCUT2D eigenvalue weighted by Crippen LogP contribution is -2.51. The number of nitrogens with one attached hydrogen (secondary N) is 1. The van der Waals surface area contributed by atoms with Crippen molar-refractivity contribution in [1.82, 2.24) is 10.2 Å². The van der Waals surface area contributed by atoms with Crippen LogP contribution in [0.4, 0.5) is 13.2 Å². The van der Waals surface area contributed by atoms with Crippen molar-refractivity contribution >= 4 is 0 Å². The third-order valence-corrected chi connectivity index (χ3v) is 2.39. The van der Waals surface area contributed by atoms with Gasteiger partial charge in [0.15, 0.2) is 0 Å². The number of hydrogen-bond donors (Lipinski definition) is 1. The maximum Gasteiger partial charge on any atom is 0.401 e. The van der Waals surface area contributed by atoms with Crippen molar-refractivity contribution < 1.29 is 13.2 Å². The van der Waals surface area contributed by atoms with E-state index in [1.807, 2.05) is 13.8 Å². The molecule has 2 nitrogen and oxygen atoms in total. The molecule has 5 heteroatoms. The molecule has 0 aliphatic rings. The Hall–Kier alpha value is -0.290. The van der Waals surface area contributed by atoms with E-state index in [4.69, 9.17) is 0 Å². The molecule has 1 N–H and O–H groups in total. The molecule has 0 saturated heterocycles. The van der Waals surface area contributed by atoms with E-state index in [9.17, 15) is 13.2 Å². The molecule has 0 rings (SSSR count). The van der Waals surface area contributed by atoms with Gasteiger partial charge in [0.25, 0.3) is 0 Å². The zero-order valence-corrected chi connectivity index (χ0v) is 10.1. The van der Waals surface area contributed by atoms with Crippen LogP contribution in [0.2, 0.25) is 0 Å². The molecule has 0 unspecified atom stereocenters. The van der Waals surface area contributed by atoms with Gasteiger partial charge in [0.1, 0.15) is 0 Å². The van der Waals surface area contributed by atoms with E-state index in [-0.39, 0.29) is 11.6 Å². The van der Waals surface area contributed by atoms with Crippen molar-refractivity contribution in [2.75, 3.05) is 20.1 Å². The largest absolute Gasteiger partial charge is 0.401 e. The van der Waals surface area contributed by atoms with Crippen LogP contribution in [-0.4, -0.2) is 42.8 Å². The maximum atomic E-state index is 12.3. The van der Waals surface area contributed by atoms with Gasteiger partial charge in [-0.3, -0.25) is 4.90 Å². The molecule has 0 aliphatic heterocycles. The fourth-order valence-corrected chi connectivity index (χ4v) is 1.24. The average molecular weight is 226 g/mol. The smallest absolute Gasteiger partial charge is 0.314 e. The van der Waals surface area contributed by atoms with Gasteiger partial charge >= 0.3 is 6.18 Å². The maximum absolute atomic E-state index is 12.3. The van der Waals surface area contributed by atoms with E-state index in [2.05, 4.69) is 5.32 Å². The predicted molar refractivity (Wildman–Crippen MR) is 55.9 cm³/mol. The Morgan fingerprint density at radius 1 is 1.13 bits per heavy atom. The van der Waals surface area contributed by atoms with E-state index in [1.54, 1.807) is 20.9 Å². The summed E-state index contributed by atoms with van der Waals surface area (Å²) in [6.45, 7) is 6.85. The summed E-state index contributed by atoms with van der Waals surface area (Å²) in [7, 11) is 1.76. The van der Waals surface area contributed by atoms with Crippen LogP contribution in [0.5, 0.6) is 0 Å². The minimum atomic E-state index is -4.13. The van der Waals surface area contributed by atoms with Crippen LogP contribution in [0.3, 0.4) is 0 Å². The summed E-state index contributed by atoms with van der Waals surface area (Å²) in [6.07, 6.45) is -4.13. The first-order chi connectivity index (χ1) is 6.57. The fraction of sp³-hybridized carbons (Fsp3) is 1.00. The Morgan fingerprint density at radius 2 is 1.60 bits per heavy atom. The van der Waals surface area contributed by atoms with Crippen LogP contribution in [-0.2, 0) is 0 Å². The molecule has 0 bridgehead atoms. The SMILES string of the molecule is CNC(C)(C)CN(CC(F)(F)F)C(C)C. The first kappa shape index (κ1) is 14.7. The molecule has 0 aliphatic carbocycles. The van der Waals surface area contributed by atoms with Crippen molar-refractivity contribution in [1.29, 1.82) is 0 Å². The van der Waals surface area contributed by atoms with Crippen LogP contribution < -0.4 is 5.32 Å². The summed E-state index contributed by atoms with van der Waals surface area (Å²) in [5.74, 6) is 0. The molecular weight excluding hydrogens is 205 g/mol. The minimum Gasteiger partial charge on any atom is -0.314 e. The monoisotopic (exact) mass is 226 g/mol. The molecule has 0 radical (unpaired) electrons. The Kier molecular flexibility index (Phi) is 5.06. The standard InChI is InChI=1S/C10H21F3N2/c1-8(2)15(7-10(11,12)13)6-9(3,4)14-5/h8,14H,6-7H2,1-5H3. The zero-order chi connectivity index (χ0) is 12.3. The molecule has 0 amide bonds. The molecule has 0 spiro atoms. The quantitative estimate of drug-likeness (QED) is 0.773. The predicted octanol–water partition coefficient (Wildman–Crippen LogP) is 2.26. The summed E-state index contributed by atoms with van der Waals surface area (Å²) >= 11 is 0. The van der Waals surface area contributed by atoms with Crippen LogP contribution >= 0.6 is 0 Å². The number of nitrogens with zero attached hydrogens (tertiary/aromatic N) is 1. The molecule has 0 atom stereocenters. The van der Waals surface area contributed by atoms with E-state index < -0.39 is 12.7 Å². The second-order valence-electron chi connectivity index (χ2n) is 4.75. The van der Waals surface area contributed by atoms with Gasteiger partial charge in [0.2, 0.25) is 0 Å². The minimum absolute atomic E-state index is 0.112. The number of hydrogen-bond acceptors (Lipinski definition) is 2. The van der Waals surface area contributed by atoms with Crippen molar-refractivity contribution in [3.8, 4) is 0 Å². The molecule has 0 aromatic rings. The third kappa shape index (κ3) is 6.73. The molecule has 0 saturated carbocycles. The van der Waals surface area contributed by atoms with Crippen LogP contribution in [0.15, 0.2) is 0 Å². The summed E-state index contributed by atoms with van der Waals surface area (Å²) < 4.78 is 36.8. The lowest BCUT2D eigenvalue weighted by Gasteiger charge is -2.35.